The van der Waals surface area contributed by atoms with E-state index in [0.29, 0.717) is 36.4 Å². The van der Waals surface area contributed by atoms with Gasteiger partial charge in [-0.05, 0) is 54.8 Å². The van der Waals surface area contributed by atoms with Gasteiger partial charge in [0.25, 0.3) is 11.8 Å². The monoisotopic (exact) mass is 517 g/mol. The van der Waals surface area contributed by atoms with Crippen LogP contribution < -0.4 is 10.6 Å². The molecule has 0 radical (unpaired) electrons. The number of aromatic nitrogens is 1. The average Bonchev–Trinajstić information content (AvgIpc) is 3.27. The molecule has 196 valence electrons. The van der Waals surface area contributed by atoms with Crippen molar-refractivity contribution in [2.24, 2.45) is 0 Å². The number of fused-ring (bicyclic) bond motifs is 1. The molecular weight excluding hydrogens is 490 g/mol. The standard InChI is InChI=1S/C27H27F4N3O3/c1-3-22(18-4-8-19(9-5-18)27(29,30)31)33-26(36)23-14-21(24-15-37-13-12-34(23)24)25(35)32-16(2)17-6-10-20(28)11-7-17/h4-11,14,16,22H,3,12-13,15H2,1-2H3,(H,32,35)(H,33,36)/t16-,22-/m1/s1. The summed E-state index contributed by atoms with van der Waals surface area (Å²) in [6.07, 6.45) is -3.99. The van der Waals surface area contributed by atoms with Gasteiger partial charge in [-0.3, -0.25) is 9.59 Å². The second-order valence-electron chi connectivity index (χ2n) is 8.89. The van der Waals surface area contributed by atoms with E-state index in [4.69, 9.17) is 4.74 Å². The minimum Gasteiger partial charge on any atom is -0.373 e. The zero-order valence-electron chi connectivity index (χ0n) is 20.4. The van der Waals surface area contributed by atoms with Crippen LogP contribution in [-0.2, 0) is 24.1 Å². The summed E-state index contributed by atoms with van der Waals surface area (Å²) in [5, 5.41) is 5.76. The van der Waals surface area contributed by atoms with Crippen molar-refractivity contribution in [1.82, 2.24) is 15.2 Å². The van der Waals surface area contributed by atoms with Crippen molar-refractivity contribution >= 4 is 11.8 Å². The Kier molecular flexibility index (Phi) is 7.68. The zero-order chi connectivity index (χ0) is 26.7. The van der Waals surface area contributed by atoms with Gasteiger partial charge in [0.1, 0.15) is 11.5 Å². The van der Waals surface area contributed by atoms with Crippen molar-refractivity contribution in [3.8, 4) is 0 Å². The maximum atomic E-state index is 13.3. The number of hydrogen-bond donors (Lipinski definition) is 2. The van der Waals surface area contributed by atoms with Gasteiger partial charge in [-0.2, -0.15) is 13.2 Å². The van der Waals surface area contributed by atoms with E-state index in [2.05, 4.69) is 10.6 Å². The number of alkyl halides is 3. The lowest BCUT2D eigenvalue weighted by molar-refractivity contribution is -0.137. The highest BCUT2D eigenvalue weighted by Crippen LogP contribution is 2.30. The number of benzene rings is 2. The van der Waals surface area contributed by atoms with Crippen molar-refractivity contribution in [3.63, 3.8) is 0 Å². The number of nitrogens with zero attached hydrogens (tertiary/aromatic N) is 1. The van der Waals surface area contributed by atoms with Gasteiger partial charge < -0.3 is 19.9 Å². The molecule has 0 unspecified atom stereocenters. The van der Waals surface area contributed by atoms with E-state index in [1.54, 1.807) is 23.6 Å². The summed E-state index contributed by atoms with van der Waals surface area (Å²) in [4.78, 5) is 26.4. The first kappa shape index (κ1) is 26.4. The molecule has 1 aliphatic rings. The van der Waals surface area contributed by atoms with E-state index in [1.807, 2.05) is 6.92 Å². The fourth-order valence-electron chi connectivity index (χ4n) is 4.38. The van der Waals surface area contributed by atoms with E-state index in [-0.39, 0.29) is 18.1 Å². The highest BCUT2D eigenvalue weighted by atomic mass is 19.4. The third kappa shape index (κ3) is 5.85. The Morgan fingerprint density at radius 3 is 2.27 bits per heavy atom. The van der Waals surface area contributed by atoms with Crippen LogP contribution in [0.15, 0.2) is 54.6 Å². The molecule has 0 fully saturated rings. The zero-order valence-corrected chi connectivity index (χ0v) is 20.4. The van der Waals surface area contributed by atoms with Crippen LogP contribution in [0.5, 0.6) is 0 Å². The summed E-state index contributed by atoms with van der Waals surface area (Å²) in [6, 6.07) is 11.1. The number of halogens is 4. The highest BCUT2D eigenvalue weighted by molar-refractivity contribution is 6.01. The number of rotatable bonds is 7. The van der Waals surface area contributed by atoms with E-state index >= 15 is 0 Å². The van der Waals surface area contributed by atoms with Crippen LogP contribution in [0, 0.1) is 5.82 Å². The lowest BCUT2D eigenvalue weighted by Gasteiger charge is -2.22. The Labute approximate surface area is 211 Å². The number of ether oxygens (including phenoxy) is 1. The molecule has 0 aliphatic carbocycles. The van der Waals surface area contributed by atoms with Gasteiger partial charge in [0, 0.05) is 6.54 Å². The van der Waals surface area contributed by atoms with Crippen molar-refractivity contribution in [3.05, 3.63) is 94.1 Å². The van der Waals surface area contributed by atoms with E-state index < -0.39 is 35.6 Å². The molecule has 2 atom stereocenters. The van der Waals surface area contributed by atoms with Crippen molar-refractivity contribution in [1.29, 1.82) is 0 Å². The summed E-state index contributed by atoms with van der Waals surface area (Å²) >= 11 is 0. The Morgan fingerprint density at radius 2 is 1.65 bits per heavy atom. The van der Waals surface area contributed by atoms with Gasteiger partial charge in [0.15, 0.2) is 0 Å². The van der Waals surface area contributed by atoms with Crippen molar-refractivity contribution < 1.29 is 31.9 Å². The van der Waals surface area contributed by atoms with Crippen LogP contribution >= 0.6 is 0 Å². The number of nitrogens with one attached hydrogen (secondary N) is 2. The van der Waals surface area contributed by atoms with Crippen molar-refractivity contribution in [2.45, 2.75) is 51.7 Å². The summed E-state index contributed by atoms with van der Waals surface area (Å²) in [7, 11) is 0. The molecule has 0 bridgehead atoms. The maximum Gasteiger partial charge on any atom is 0.416 e. The Balaban J connectivity index is 1.54. The molecule has 0 spiro atoms. The molecule has 2 heterocycles. The van der Waals surface area contributed by atoms with Gasteiger partial charge in [0.05, 0.1) is 42.1 Å². The number of amides is 2. The fraction of sp³-hybridized carbons (Fsp3) is 0.333. The van der Waals surface area contributed by atoms with Gasteiger partial charge in [-0.15, -0.1) is 0 Å². The summed E-state index contributed by atoms with van der Waals surface area (Å²) in [5.41, 5.74) is 1.62. The predicted molar refractivity (Wildman–Crippen MR) is 128 cm³/mol. The molecule has 2 aromatic carbocycles. The Morgan fingerprint density at radius 1 is 1.00 bits per heavy atom. The SMILES string of the molecule is CC[C@@H](NC(=O)c1cc(C(=O)N[C@H](C)c2ccc(F)cc2)c2n1CCOC2)c1ccc(C(F)(F)F)cc1. The third-order valence-electron chi connectivity index (χ3n) is 6.46. The van der Waals surface area contributed by atoms with Gasteiger partial charge in [-0.1, -0.05) is 31.2 Å². The number of carbonyl (C=O) groups excluding carboxylic acids is 2. The number of hydrogen-bond acceptors (Lipinski definition) is 3. The average molecular weight is 518 g/mol. The summed E-state index contributed by atoms with van der Waals surface area (Å²) in [6.45, 7) is 4.48. The first-order valence-electron chi connectivity index (χ1n) is 11.9. The highest BCUT2D eigenvalue weighted by Gasteiger charge is 2.31. The molecule has 37 heavy (non-hydrogen) atoms. The van der Waals surface area contributed by atoms with Crippen LogP contribution in [0.2, 0.25) is 0 Å². The van der Waals surface area contributed by atoms with Crippen LogP contribution in [0.3, 0.4) is 0 Å². The summed E-state index contributed by atoms with van der Waals surface area (Å²) < 4.78 is 59.3. The molecule has 0 saturated carbocycles. The molecule has 1 aromatic heterocycles. The topological polar surface area (TPSA) is 72.4 Å². The number of carbonyl (C=O) groups is 2. The quantitative estimate of drug-likeness (QED) is 0.404. The molecule has 1 aliphatic heterocycles. The predicted octanol–water partition coefficient (Wildman–Crippen LogP) is 5.55. The van der Waals surface area contributed by atoms with E-state index in [1.165, 1.54) is 30.3 Å². The molecule has 6 nitrogen and oxygen atoms in total. The minimum atomic E-state index is -4.44. The Bertz CT molecular complexity index is 1270. The first-order valence-corrected chi connectivity index (χ1v) is 11.9. The molecule has 4 rings (SSSR count). The normalized spacial score (nSPS) is 15.0. The van der Waals surface area contributed by atoms with Crippen LogP contribution in [0.1, 0.15) is 75.6 Å². The smallest absolute Gasteiger partial charge is 0.373 e. The second-order valence-corrected chi connectivity index (χ2v) is 8.89. The second kappa shape index (κ2) is 10.8. The van der Waals surface area contributed by atoms with Crippen LogP contribution in [0.4, 0.5) is 17.6 Å². The first-order chi connectivity index (χ1) is 17.6. The van der Waals surface area contributed by atoms with Crippen LogP contribution in [0.25, 0.3) is 0 Å². The van der Waals surface area contributed by atoms with E-state index in [0.717, 1.165) is 17.7 Å². The lowest BCUT2D eigenvalue weighted by Crippen LogP contribution is -2.31. The third-order valence-corrected chi connectivity index (χ3v) is 6.46. The summed E-state index contributed by atoms with van der Waals surface area (Å²) in [5.74, 6) is -1.22. The van der Waals surface area contributed by atoms with Gasteiger partial charge in [0.2, 0.25) is 0 Å². The largest absolute Gasteiger partial charge is 0.416 e. The maximum absolute atomic E-state index is 13.3. The van der Waals surface area contributed by atoms with Gasteiger partial charge >= 0.3 is 6.18 Å². The molecule has 2 amide bonds. The van der Waals surface area contributed by atoms with E-state index in [9.17, 15) is 27.2 Å². The minimum absolute atomic E-state index is 0.150. The Hall–Kier alpha value is -3.66. The van der Waals surface area contributed by atoms with Gasteiger partial charge in [-0.25, -0.2) is 4.39 Å². The molecule has 2 N–H and O–H groups in total. The fourth-order valence-corrected chi connectivity index (χ4v) is 4.38. The van der Waals surface area contributed by atoms with Crippen molar-refractivity contribution in [2.75, 3.05) is 6.61 Å². The van der Waals surface area contributed by atoms with Crippen LogP contribution in [-0.4, -0.2) is 23.0 Å². The molecule has 3 aromatic rings. The lowest BCUT2D eigenvalue weighted by atomic mass is 10.0. The molecule has 10 heteroatoms. The molecular formula is C27H27F4N3O3. The molecule has 0 saturated heterocycles.